The fourth-order valence-electron chi connectivity index (χ4n) is 4.02. The van der Waals surface area contributed by atoms with Gasteiger partial charge in [-0.25, -0.2) is 4.79 Å². The molecule has 8 nitrogen and oxygen atoms in total. The number of hydrogen-bond donors (Lipinski definition) is 1. The molecule has 8 heteroatoms. The lowest BCUT2D eigenvalue weighted by Crippen LogP contribution is -2.19. The number of carboxylic acids is 1. The molecule has 34 heavy (non-hydrogen) atoms. The van der Waals surface area contributed by atoms with Crippen LogP contribution in [0, 0.1) is 11.8 Å². The predicted octanol–water partition coefficient (Wildman–Crippen LogP) is 5.16. The van der Waals surface area contributed by atoms with Gasteiger partial charge >= 0.3 is 17.9 Å². The van der Waals surface area contributed by atoms with Crippen LogP contribution in [0.5, 0.6) is 0 Å². The average Bonchev–Trinajstić information content (AvgIpc) is 2.74. The molecule has 0 fully saturated rings. The highest BCUT2D eigenvalue weighted by Crippen LogP contribution is 2.37. The molecule has 2 unspecified atom stereocenters. The summed E-state index contributed by atoms with van der Waals surface area (Å²) in [5.74, 6) is -2.42. The summed E-state index contributed by atoms with van der Waals surface area (Å²) in [6.07, 6.45) is -1.39. The second kappa shape index (κ2) is 9.67. The lowest BCUT2D eigenvalue weighted by Gasteiger charge is -2.26. The summed E-state index contributed by atoms with van der Waals surface area (Å²) in [4.78, 5) is 48.6. The Morgan fingerprint density at radius 2 is 1.44 bits per heavy atom. The van der Waals surface area contributed by atoms with Gasteiger partial charge in [0.15, 0.2) is 0 Å². The Bertz CT molecular complexity index is 1330. The first-order valence-corrected chi connectivity index (χ1v) is 11.0. The zero-order valence-corrected chi connectivity index (χ0v) is 20.0. The van der Waals surface area contributed by atoms with E-state index >= 15 is 0 Å². The Hall–Kier alpha value is -3.68. The molecule has 0 bridgehead atoms. The second-order valence-corrected chi connectivity index (χ2v) is 8.98. The number of aromatic carboxylic acids is 1. The summed E-state index contributed by atoms with van der Waals surface area (Å²) in [6, 6.07) is 7.39. The molecule has 3 aromatic rings. The van der Waals surface area contributed by atoms with Gasteiger partial charge in [0.2, 0.25) is 5.43 Å². The van der Waals surface area contributed by atoms with Gasteiger partial charge in [0.25, 0.3) is 0 Å². The van der Waals surface area contributed by atoms with E-state index < -0.39 is 35.5 Å². The van der Waals surface area contributed by atoms with Gasteiger partial charge in [0.1, 0.15) is 23.4 Å². The van der Waals surface area contributed by atoms with E-state index in [1.165, 1.54) is 32.0 Å². The number of carboxylic acid groups (broad SMARTS) is 1. The molecule has 0 amide bonds. The highest BCUT2D eigenvalue weighted by Gasteiger charge is 2.28. The molecule has 0 aliphatic carbocycles. The van der Waals surface area contributed by atoms with E-state index in [2.05, 4.69) is 0 Å². The quantitative estimate of drug-likeness (QED) is 0.373. The molecular formula is C26H28O8. The van der Waals surface area contributed by atoms with E-state index in [9.17, 15) is 24.3 Å². The Labute approximate surface area is 196 Å². The molecule has 0 spiro atoms. The number of ether oxygens (including phenoxy) is 2. The van der Waals surface area contributed by atoms with Crippen molar-refractivity contribution < 1.29 is 33.4 Å². The fraction of sp³-hybridized carbons (Fsp3) is 0.385. The summed E-state index contributed by atoms with van der Waals surface area (Å²) < 4.78 is 17.2. The summed E-state index contributed by atoms with van der Waals surface area (Å²) in [5.41, 5.74) is 0.980. The number of carbonyl (C=O) groups excluding carboxylic acids is 2. The number of rotatable bonds is 7. The summed E-state index contributed by atoms with van der Waals surface area (Å²) in [6.45, 7) is 10.1. The summed E-state index contributed by atoms with van der Waals surface area (Å²) in [5, 5.41) is 9.63. The Morgan fingerprint density at radius 1 is 0.853 bits per heavy atom. The molecule has 0 saturated heterocycles. The van der Waals surface area contributed by atoms with Crippen molar-refractivity contribution in [3.05, 3.63) is 57.2 Å². The van der Waals surface area contributed by atoms with Crippen LogP contribution < -0.4 is 5.43 Å². The molecule has 180 valence electrons. The molecule has 0 aliphatic heterocycles. The molecule has 0 saturated carbocycles. The van der Waals surface area contributed by atoms with E-state index in [1.807, 2.05) is 27.7 Å². The minimum atomic E-state index is -1.17. The van der Waals surface area contributed by atoms with E-state index in [1.54, 1.807) is 12.1 Å². The van der Waals surface area contributed by atoms with Crippen LogP contribution in [0.4, 0.5) is 0 Å². The van der Waals surface area contributed by atoms with Gasteiger partial charge in [-0.15, -0.1) is 0 Å². The van der Waals surface area contributed by atoms with Crippen molar-refractivity contribution in [3.8, 4) is 0 Å². The molecule has 1 heterocycles. The largest absolute Gasteiger partial charge is 0.478 e. The van der Waals surface area contributed by atoms with Crippen LogP contribution in [0.15, 0.2) is 39.5 Å². The van der Waals surface area contributed by atoms with Crippen molar-refractivity contribution in [2.75, 3.05) is 0 Å². The van der Waals surface area contributed by atoms with Crippen molar-refractivity contribution in [2.45, 2.75) is 53.8 Å². The maximum atomic E-state index is 13.5. The molecule has 0 aliphatic rings. The molecule has 1 N–H and O–H groups in total. The smallest absolute Gasteiger partial charge is 0.335 e. The Balaban J connectivity index is 2.44. The third kappa shape index (κ3) is 4.95. The molecule has 0 radical (unpaired) electrons. The zero-order chi connectivity index (χ0) is 25.3. The van der Waals surface area contributed by atoms with Crippen molar-refractivity contribution in [2.24, 2.45) is 11.8 Å². The maximum Gasteiger partial charge on any atom is 0.335 e. The van der Waals surface area contributed by atoms with E-state index in [4.69, 9.17) is 13.9 Å². The number of benzene rings is 2. The Morgan fingerprint density at radius 3 is 1.97 bits per heavy atom. The second-order valence-electron chi connectivity index (χ2n) is 8.98. The van der Waals surface area contributed by atoms with Crippen LogP contribution in [-0.2, 0) is 19.1 Å². The minimum absolute atomic E-state index is 0.0459. The molecule has 2 atom stereocenters. The topological polar surface area (TPSA) is 120 Å². The predicted molar refractivity (Wildman–Crippen MR) is 126 cm³/mol. The highest BCUT2D eigenvalue weighted by atomic mass is 16.5. The lowest BCUT2D eigenvalue weighted by atomic mass is 9.90. The van der Waals surface area contributed by atoms with Gasteiger partial charge < -0.3 is 19.0 Å². The van der Waals surface area contributed by atoms with Crippen molar-refractivity contribution in [3.63, 3.8) is 0 Å². The minimum Gasteiger partial charge on any atom is -0.478 e. The average molecular weight is 469 g/mol. The third-order valence-corrected chi connectivity index (χ3v) is 5.50. The highest BCUT2D eigenvalue weighted by molar-refractivity contribution is 5.96. The van der Waals surface area contributed by atoms with Gasteiger partial charge in [-0.3, -0.25) is 14.4 Å². The molecule has 2 aromatic carbocycles. The van der Waals surface area contributed by atoms with E-state index in [0.717, 1.165) is 0 Å². The fourth-order valence-corrected chi connectivity index (χ4v) is 4.02. The van der Waals surface area contributed by atoms with Gasteiger partial charge in [0, 0.05) is 19.4 Å². The van der Waals surface area contributed by atoms with Crippen LogP contribution in [0.3, 0.4) is 0 Å². The third-order valence-electron chi connectivity index (χ3n) is 5.50. The SMILES string of the molecule is CC(=O)OC(c1cc(C(OC(C)=O)C(C)C)c2oc3ccc(C(=O)O)cc3c(=O)c2c1)C(C)C. The number of carbonyl (C=O) groups is 3. The van der Waals surface area contributed by atoms with Crippen LogP contribution in [-0.4, -0.2) is 23.0 Å². The molecular weight excluding hydrogens is 440 g/mol. The van der Waals surface area contributed by atoms with Gasteiger partial charge in [-0.05, 0) is 47.7 Å². The number of hydrogen-bond acceptors (Lipinski definition) is 7. The Kier molecular flexibility index (Phi) is 7.09. The van der Waals surface area contributed by atoms with E-state index in [0.29, 0.717) is 11.1 Å². The molecule has 3 rings (SSSR count). The monoisotopic (exact) mass is 468 g/mol. The van der Waals surface area contributed by atoms with Crippen molar-refractivity contribution >= 4 is 39.8 Å². The van der Waals surface area contributed by atoms with Gasteiger partial charge in [-0.2, -0.15) is 0 Å². The lowest BCUT2D eigenvalue weighted by molar-refractivity contribution is -0.149. The van der Waals surface area contributed by atoms with E-state index in [-0.39, 0.29) is 39.3 Å². The molecule has 1 aromatic heterocycles. The van der Waals surface area contributed by atoms with Crippen LogP contribution >= 0.6 is 0 Å². The first kappa shape index (κ1) is 25.0. The number of esters is 2. The summed E-state index contributed by atoms with van der Waals surface area (Å²) in [7, 11) is 0. The standard InChI is InChI=1S/C26H28O8/c1-12(2)23(32-14(5)27)17-10-19-22(29)18-9-16(26(30)31)7-8-21(18)34-25(19)20(11-17)24(13(3)4)33-15(6)28/h7-13,23-24H,1-6H3,(H,30,31). The van der Waals surface area contributed by atoms with Crippen molar-refractivity contribution in [1.29, 1.82) is 0 Å². The van der Waals surface area contributed by atoms with Gasteiger partial charge in [0.05, 0.1) is 16.3 Å². The first-order chi connectivity index (χ1) is 15.9. The van der Waals surface area contributed by atoms with Gasteiger partial charge in [-0.1, -0.05) is 27.7 Å². The van der Waals surface area contributed by atoms with Crippen LogP contribution in [0.1, 0.15) is 75.2 Å². The number of fused-ring (bicyclic) bond motifs is 2. The summed E-state index contributed by atoms with van der Waals surface area (Å²) >= 11 is 0. The maximum absolute atomic E-state index is 13.5. The zero-order valence-electron chi connectivity index (χ0n) is 20.0. The first-order valence-electron chi connectivity index (χ1n) is 11.0. The van der Waals surface area contributed by atoms with Crippen LogP contribution in [0.25, 0.3) is 21.9 Å². The van der Waals surface area contributed by atoms with Crippen LogP contribution in [0.2, 0.25) is 0 Å². The van der Waals surface area contributed by atoms with Crippen molar-refractivity contribution in [1.82, 2.24) is 0 Å². The normalized spacial score (nSPS) is 13.3.